The average Bonchev–Trinajstić information content (AvgIpc) is 2.15. The largest absolute Gasteiger partial charge is 0.264 e. The van der Waals surface area contributed by atoms with E-state index in [1.807, 2.05) is 11.8 Å². The predicted octanol–water partition coefficient (Wildman–Crippen LogP) is 2.96. The molecule has 1 aliphatic rings. The van der Waals surface area contributed by atoms with Gasteiger partial charge in [-0.3, -0.25) is 10.1 Å². The van der Waals surface area contributed by atoms with E-state index in [2.05, 4.69) is 13.8 Å². The fourth-order valence-electron chi connectivity index (χ4n) is 1.85. The van der Waals surface area contributed by atoms with Gasteiger partial charge in [-0.25, -0.2) is 0 Å². The van der Waals surface area contributed by atoms with Crippen molar-refractivity contribution in [2.75, 3.05) is 5.75 Å². The van der Waals surface area contributed by atoms with Gasteiger partial charge >= 0.3 is 0 Å². The van der Waals surface area contributed by atoms with E-state index in [9.17, 15) is 10.1 Å². The Kier molecular flexibility index (Phi) is 4.72. The zero-order valence-electron chi connectivity index (χ0n) is 8.94. The maximum absolute atomic E-state index is 10.5. The van der Waals surface area contributed by atoms with Gasteiger partial charge < -0.3 is 0 Å². The number of thioether (sulfide) groups is 1. The number of nitrogens with zero attached hydrogens (tertiary/aromatic N) is 1. The highest BCUT2D eigenvalue weighted by Gasteiger charge is 2.28. The molecular formula is C10H19NO2S. The third kappa shape index (κ3) is 3.86. The molecule has 0 aromatic carbocycles. The van der Waals surface area contributed by atoms with Crippen LogP contribution in [0.1, 0.15) is 39.5 Å². The molecule has 0 radical (unpaired) electrons. The highest BCUT2D eigenvalue weighted by molar-refractivity contribution is 7.99. The van der Waals surface area contributed by atoms with E-state index >= 15 is 0 Å². The van der Waals surface area contributed by atoms with E-state index in [1.165, 1.54) is 5.75 Å². The molecule has 0 N–H and O–H groups in total. The van der Waals surface area contributed by atoms with Crippen LogP contribution in [0.5, 0.6) is 0 Å². The first-order valence-corrected chi connectivity index (χ1v) is 6.39. The molecule has 0 aliphatic heterocycles. The van der Waals surface area contributed by atoms with E-state index in [0.29, 0.717) is 5.25 Å². The van der Waals surface area contributed by atoms with Gasteiger partial charge in [0.15, 0.2) is 0 Å². The summed E-state index contributed by atoms with van der Waals surface area (Å²) in [4.78, 5) is 10.4. The van der Waals surface area contributed by atoms with Crippen LogP contribution < -0.4 is 0 Å². The van der Waals surface area contributed by atoms with Crippen molar-refractivity contribution < 1.29 is 4.92 Å². The maximum atomic E-state index is 10.5. The second kappa shape index (κ2) is 5.59. The van der Waals surface area contributed by atoms with Gasteiger partial charge in [0.25, 0.3) is 0 Å². The quantitative estimate of drug-likeness (QED) is 0.537. The van der Waals surface area contributed by atoms with Gasteiger partial charge in [0.05, 0.1) is 0 Å². The van der Waals surface area contributed by atoms with Crippen LogP contribution in [0, 0.1) is 16.0 Å². The number of nitro groups is 1. The Morgan fingerprint density at radius 3 is 2.36 bits per heavy atom. The lowest BCUT2D eigenvalue weighted by Crippen LogP contribution is -2.26. The monoisotopic (exact) mass is 217 g/mol. The third-order valence-electron chi connectivity index (χ3n) is 2.78. The Bertz CT molecular complexity index is 189. The van der Waals surface area contributed by atoms with Gasteiger partial charge in [-0.15, -0.1) is 0 Å². The Morgan fingerprint density at radius 2 is 1.93 bits per heavy atom. The van der Waals surface area contributed by atoms with Gasteiger partial charge in [-0.2, -0.15) is 11.8 Å². The van der Waals surface area contributed by atoms with E-state index in [1.54, 1.807) is 0 Å². The summed E-state index contributed by atoms with van der Waals surface area (Å²) >= 11 is 1.98. The second-order valence-electron chi connectivity index (χ2n) is 4.34. The fraction of sp³-hybridized carbons (Fsp3) is 1.00. The lowest BCUT2D eigenvalue weighted by molar-refractivity contribution is -0.526. The second-order valence-corrected chi connectivity index (χ2v) is 5.95. The molecule has 4 heteroatoms. The van der Waals surface area contributed by atoms with Crippen molar-refractivity contribution in [3.05, 3.63) is 10.1 Å². The summed E-state index contributed by atoms with van der Waals surface area (Å²) in [6.45, 7) is 4.40. The fourth-order valence-corrected chi connectivity index (χ4v) is 2.84. The van der Waals surface area contributed by atoms with Gasteiger partial charge in [0, 0.05) is 17.8 Å². The zero-order chi connectivity index (χ0) is 10.6. The minimum atomic E-state index is -0.254. The first-order chi connectivity index (χ1) is 6.59. The van der Waals surface area contributed by atoms with Crippen molar-refractivity contribution >= 4 is 11.8 Å². The maximum Gasteiger partial charge on any atom is 0.213 e. The molecule has 1 saturated carbocycles. The van der Waals surface area contributed by atoms with Crippen LogP contribution in [0.3, 0.4) is 0 Å². The molecule has 0 atom stereocenters. The predicted molar refractivity (Wildman–Crippen MR) is 60.3 cm³/mol. The Labute approximate surface area is 89.8 Å². The lowest BCUT2D eigenvalue weighted by atomic mass is 9.87. The molecule has 82 valence electrons. The molecule has 1 fully saturated rings. The standard InChI is InChI=1S/C10H19NO2S/c1-8(2)14-7-9-3-5-10(6-4-9)11(12)13/h8-10H,3-7H2,1-2H3. The van der Waals surface area contributed by atoms with Crippen LogP contribution in [0.15, 0.2) is 0 Å². The van der Waals surface area contributed by atoms with Crippen molar-refractivity contribution in [3.63, 3.8) is 0 Å². The van der Waals surface area contributed by atoms with Crippen molar-refractivity contribution in [3.8, 4) is 0 Å². The summed E-state index contributed by atoms with van der Waals surface area (Å²) in [7, 11) is 0. The van der Waals surface area contributed by atoms with Crippen LogP contribution in [0.4, 0.5) is 0 Å². The van der Waals surface area contributed by atoms with Crippen molar-refractivity contribution in [2.24, 2.45) is 5.92 Å². The summed E-state index contributed by atoms with van der Waals surface area (Å²) in [5.41, 5.74) is 0. The molecule has 14 heavy (non-hydrogen) atoms. The summed E-state index contributed by atoms with van der Waals surface area (Å²) in [6.07, 6.45) is 3.67. The molecule has 0 unspecified atom stereocenters. The minimum absolute atomic E-state index is 0.105. The zero-order valence-corrected chi connectivity index (χ0v) is 9.76. The van der Waals surface area contributed by atoms with Gasteiger partial charge in [-0.05, 0) is 29.8 Å². The van der Waals surface area contributed by atoms with E-state index in [4.69, 9.17) is 0 Å². The van der Waals surface area contributed by atoms with Gasteiger partial charge in [0.1, 0.15) is 0 Å². The van der Waals surface area contributed by atoms with Crippen LogP contribution in [-0.4, -0.2) is 22.0 Å². The molecule has 3 nitrogen and oxygen atoms in total. The van der Waals surface area contributed by atoms with Crippen molar-refractivity contribution in [2.45, 2.75) is 50.8 Å². The number of hydrogen-bond donors (Lipinski definition) is 0. The molecule has 1 rings (SSSR count). The van der Waals surface area contributed by atoms with E-state index in [0.717, 1.165) is 31.6 Å². The summed E-state index contributed by atoms with van der Waals surface area (Å²) in [5.74, 6) is 1.90. The highest BCUT2D eigenvalue weighted by atomic mass is 32.2. The Hall–Kier alpha value is -0.250. The van der Waals surface area contributed by atoms with E-state index in [-0.39, 0.29) is 11.0 Å². The van der Waals surface area contributed by atoms with Crippen molar-refractivity contribution in [1.29, 1.82) is 0 Å². The molecule has 0 bridgehead atoms. The minimum Gasteiger partial charge on any atom is -0.264 e. The van der Waals surface area contributed by atoms with Crippen LogP contribution in [0.2, 0.25) is 0 Å². The average molecular weight is 217 g/mol. The first kappa shape index (κ1) is 11.8. The Balaban J connectivity index is 2.19. The lowest BCUT2D eigenvalue weighted by Gasteiger charge is -2.24. The number of rotatable bonds is 4. The van der Waals surface area contributed by atoms with E-state index < -0.39 is 0 Å². The summed E-state index contributed by atoms with van der Waals surface area (Å²) < 4.78 is 0. The molecule has 1 aliphatic carbocycles. The normalized spacial score (nSPS) is 27.9. The Morgan fingerprint density at radius 1 is 1.36 bits per heavy atom. The molecule has 0 amide bonds. The molecule has 0 saturated heterocycles. The molecular weight excluding hydrogens is 198 g/mol. The molecule has 0 aromatic rings. The van der Waals surface area contributed by atoms with Crippen LogP contribution in [-0.2, 0) is 0 Å². The highest BCUT2D eigenvalue weighted by Crippen LogP contribution is 2.29. The molecule has 0 heterocycles. The van der Waals surface area contributed by atoms with Crippen molar-refractivity contribution in [1.82, 2.24) is 0 Å². The summed E-state index contributed by atoms with van der Waals surface area (Å²) in [6, 6.07) is -0.254. The SMILES string of the molecule is CC(C)SCC1CCC([N+](=O)[O-])CC1. The van der Waals surface area contributed by atoms with Gasteiger partial charge in [0.2, 0.25) is 6.04 Å². The summed E-state index contributed by atoms with van der Waals surface area (Å²) in [5, 5.41) is 11.2. The smallest absolute Gasteiger partial charge is 0.213 e. The third-order valence-corrected chi connectivity index (χ3v) is 4.11. The van der Waals surface area contributed by atoms with Crippen LogP contribution >= 0.6 is 11.8 Å². The number of hydrogen-bond acceptors (Lipinski definition) is 3. The molecule has 0 aromatic heterocycles. The first-order valence-electron chi connectivity index (χ1n) is 5.34. The van der Waals surface area contributed by atoms with Gasteiger partial charge in [-0.1, -0.05) is 13.8 Å². The van der Waals surface area contributed by atoms with Crippen LogP contribution in [0.25, 0.3) is 0 Å². The molecule has 0 spiro atoms. The topological polar surface area (TPSA) is 43.1 Å².